The zero-order chi connectivity index (χ0) is 5.54. The van der Waals surface area contributed by atoms with Crippen LogP contribution in [0.3, 0.4) is 0 Å². The molecule has 0 N–H and O–H groups in total. The highest BCUT2D eigenvalue weighted by atomic mass is 28.2. The highest BCUT2D eigenvalue weighted by Gasteiger charge is 1.73. The molecule has 0 aliphatic heterocycles. The molecule has 7 heavy (non-hydrogen) atoms. The first-order chi connectivity index (χ1) is 3.41. The topological polar surface area (TPSA) is 0 Å². The molecule has 0 saturated heterocycles. The molecule has 0 nitrogen and oxygen atoms in total. The minimum Gasteiger partial charge on any atom is -0.109 e. The molecule has 0 atom stereocenters. The van der Waals surface area contributed by atoms with Crippen molar-refractivity contribution in [3.05, 3.63) is 0 Å². The van der Waals surface area contributed by atoms with Crippen LogP contribution in [0.15, 0.2) is 0 Å². The smallest absolute Gasteiger partial charge is 0.0122 e. The molecule has 0 aromatic heterocycles. The third kappa shape index (κ3) is 6.09. The largest absolute Gasteiger partial charge is 0.109 e. The number of unbranched alkanes of at least 4 members (excludes halogenated alkanes) is 1. The lowest BCUT2D eigenvalue weighted by molar-refractivity contribution is 0.883. The lowest BCUT2D eigenvalue weighted by atomic mass is 10.4. The van der Waals surface area contributed by atoms with Gasteiger partial charge in [0.2, 0.25) is 0 Å². The van der Waals surface area contributed by atoms with Gasteiger partial charge in [-0.25, -0.2) is 0 Å². The van der Waals surface area contributed by atoms with E-state index in [0.717, 1.165) is 0 Å². The molecule has 0 spiro atoms. The highest BCUT2D eigenvalue weighted by Crippen LogP contribution is 1.88. The Bertz CT molecular complexity index is 48.1. The summed E-state index contributed by atoms with van der Waals surface area (Å²) in [4.78, 5) is 0. The molecule has 0 rings (SSSR count). The average molecular weight is 114 g/mol. The third-order valence-electron chi connectivity index (χ3n) is 0.960. The van der Waals surface area contributed by atoms with Crippen LogP contribution in [0.2, 0.25) is 6.04 Å². The van der Waals surface area contributed by atoms with E-state index in [4.69, 9.17) is 0 Å². The van der Waals surface area contributed by atoms with Gasteiger partial charge < -0.3 is 0 Å². The molecule has 0 bridgehead atoms. The first-order valence-corrected chi connectivity index (χ1v) is 4.51. The molecule has 0 saturated carbocycles. The van der Waals surface area contributed by atoms with Crippen LogP contribution in [-0.2, 0) is 0 Å². The molecule has 0 aliphatic carbocycles. The van der Waals surface area contributed by atoms with Gasteiger partial charge in [-0.15, -0.1) is 5.67 Å². The molecule has 1 heteroatoms. The minimum absolute atomic E-state index is 0.691. The summed E-state index contributed by atoms with van der Waals surface area (Å²) in [6, 6.07) is 1.47. The number of hydrogen-bond donors (Lipinski definition) is 0. The van der Waals surface area contributed by atoms with Crippen molar-refractivity contribution in [3.8, 4) is 0 Å². The van der Waals surface area contributed by atoms with Gasteiger partial charge in [0, 0.05) is 0 Å². The molecule has 0 aromatic carbocycles. The summed E-state index contributed by atoms with van der Waals surface area (Å²) in [5, 5.41) is 0. The van der Waals surface area contributed by atoms with Gasteiger partial charge in [0.05, 0.1) is 0 Å². The quantitative estimate of drug-likeness (QED) is 0.385. The molecule has 0 unspecified atom stereocenters. The molecule has 0 aliphatic rings. The maximum Gasteiger partial charge on any atom is -0.0122 e. The van der Waals surface area contributed by atoms with Crippen molar-refractivity contribution >= 4 is 14.8 Å². The first-order valence-electron chi connectivity index (χ1n) is 3.03. The Hall–Kier alpha value is 0.0869. The van der Waals surface area contributed by atoms with Crippen molar-refractivity contribution in [3.63, 3.8) is 0 Å². The van der Waals surface area contributed by atoms with Gasteiger partial charge in [0.25, 0.3) is 0 Å². The first kappa shape index (κ1) is 7.09. The predicted molar refractivity (Wildman–Crippen MR) is 38.6 cm³/mol. The van der Waals surface area contributed by atoms with E-state index >= 15 is 0 Å². The van der Waals surface area contributed by atoms with E-state index in [-0.39, 0.29) is 0 Å². The van der Waals surface area contributed by atoms with Crippen molar-refractivity contribution in [1.29, 1.82) is 0 Å². The molecule has 0 aromatic rings. The van der Waals surface area contributed by atoms with Crippen LogP contribution in [0.4, 0.5) is 0 Å². The SMILES string of the molecule is CC=[SiH]CCCC. The van der Waals surface area contributed by atoms with E-state index in [9.17, 15) is 0 Å². The van der Waals surface area contributed by atoms with Gasteiger partial charge in [0.15, 0.2) is 0 Å². The Morgan fingerprint density at radius 1 is 1.57 bits per heavy atom. The summed E-state index contributed by atoms with van der Waals surface area (Å²) < 4.78 is 0. The standard InChI is InChI=1S/C6H14Si/c1-3-5-6-7-4-2/h4,7H,3,5-6H2,1-2H3. The lowest BCUT2D eigenvalue weighted by Crippen LogP contribution is -1.77. The summed E-state index contributed by atoms with van der Waals surface area (Å²) in [6.07, 6.45) is 2.79. The number of rotatable bonds is 3. The normalized spacial score (nSPS) is 10.6. The van der Waals surface area contributed by atoms with Crippen LogP contribution < -0.4 is 0 Å². The average Bonchev–Trinajstić information content (AvgIpc) is 1.69. The Labute approximate surface area is 48.4 Å². The van der Waals surface area contributed by atoms with Gasteiger partial charge in [-0.2, -0.15) is 0 Å². The van der Waals surface area contributed by atoms with Crippen molar-refractivity contribution in [2.45, 2.75) is 32.7 Å². The summed E-state index contributed by atoms with van der Waals surface area (Å²) >= 11 is 0. The maximum atomic E-state index is 2.32. The summed E-state index contributed by atoms with van der Waals surface area (Å²) in [6.45, 7) is 4.40. The second kappa shape index (κ2) is 6.09. The molecular formula is C6H14Si. The van der Waals surface area contributed by atoms with Crippen LogP contribution in [-0.4, -0.2) is 14.8 Å². The molecule has 0 heterocycles. The molecular weight excluding hydrogens is 100 g/mol. The summed E-state index contributed by atoms with van der Waals surface area (Å²) in [5.41, 5.74) is 2.32. The van der Waals surface area contributed by atoms with Crippen LogP contribution in [0.5, 0.6) is 0 Å². The molecule has 42 valence electrons. The maximum absolute atomic E-state index is 2.32. The van der Waals surface area contributed by atoms with Gasteiger partial charge in [0.1, 0.15) is 0 Å². The van der Waals surface area contributed by atoms with Gasteiger partial charge in [-0.05, 0) is 15.2 Å². The third-order valence-corrected chi connectivity index (χ3v) is 2.17. The number of hydrogen-bond acceptors (Lipinski definition) is 0. The molecule has 0 amide bonds. The van der Waals surface area contributed by atoms with Crippen molar-refractivity contribution in [2.24, 2.45) is 0 Å². The fourth-order valence-corrected chi connectivity index (χ4v) is 1.47. The molecule has 0 fully saturated rings. The van der Waals surface area contributed by atoms with Gasteiger partial charge in [-0.3, -0.25) is 0 Å². The molecule has 0 radical (unpaired) electrons. The predicted octanol–water partition coefficient (Wildman–Crippen LogP) is 1.46. The fourth-order valence-electron chi connectivity index (χ4n) is 0.489. The van der Waals surface area contributed by atoms with Crippen LogP contribution in [0.25, 0.3) is 0 Å². The monoisotopic (exact) mass is 114 g/mol. The Kier molecular flexibility index (Phi) is 6.16. The van der Waals surface area contributed by atoms with E-state index in [1.165, 1.54) is 18.9 Å². The van der Waals surface area contributed by atoms with Crippen LogP contribution in [0.1, 0.15) is 26.7 Å². The van der Waals surface area contributed by atoms with Gasteiger partial charge >= 0.3 is 0 Å². The van der Waals surface area contributed by atoms with E-state index in [1.807, 2.05) is 0 Å². The zero-order valence-corrected chi connectivity index (χ0v) is 6.43. The highest BCUT2D eigenvalue weighted by molar-refractivity contribution is 6.46. The summed E-state index contributed by atoms with van der Waals surface area (Å²) in [7, 11) is 0.691. The lowest BCUT2D eigenvalue weighted by Gasteiger charge is -1.83. The van der Waals surface area contributed by atoms with E-state index in [0.29, 0.717) is 9.13 Å². The Morgan fingerprint density at radius 3 is 2.71 bits per heavy atom. The minimum atomic E-state index is 0.691. The fraction of sp³-hybridized carbons (Fsp3) is 0.833. The second-order valence-electron chi connectivity index (χ2n) is 1.71. The zero-order valence-electron chi connectivity index (χ0n) is 5.28. The van der Waals surface area contributed by atoms with Crippen LogP contribution >= 0.6 is 0 Å². The Morgan fingerprint density at radius 2 is 2.29 bits per heavy atom. The van der Waals surface area contributed by atoms with E-state index in [2.05, 4.69) is 19.5 Å². The van der Waals surface area contributed by atoms with Crippen molar-refractivity contribution < 1.29 is 0 Å². The summed E-state index contributed by atoms with van der Waals surface area (Å²) in [5.74, 6) is 0. The van der Waals surface area contributed by atoms with Crippen LogP contribution in [0, 0.1) is 0 Å². The van der Waals surface area contributed by atoms with Crippen molar-refractivity contribution in [2.75, 3.05) is 0 Å². The van der Waals surface area contributed by atoms with Crippen molar-refractivity contribution in [1.82, 2.24) is 0 Å². The van der Waals surface area contributed by atoms with E-state index in [1.54, 1.807) is 0 Å². The second-order valence-corrected chi connectivity index (χ2v) is 3.43. The van der Waals surface area contributed by atoms with Gasteiger partial charge in [-0.1, -0.05) is 26.7 Å². The Balaban J connectivity index is 2.69. The van der Waals surface area contributed by atoms with E-state index < -0.39 is 0 Å².